The van der Waals surface area contributed by atoms with E-state index < -0.39 is 6.04 Å². The summed E-state index contributed by atoms with van der Waals surface area (Å²) in [5.74, 6) is 0.178. The number of rotatable bonds is 6. The van der Waals surface area contributed by atoms with Gasteiger partial charge in [0.05, 0.1) is 0 Å². The molecule has 1 atom stereocenters. The van der Waals surface area contributed by atoms with E-state index in [2.05, 4.69) is 0 Å². The largest absolute Gasteiger partial charge is 0.295 e. The molecule has 0 saturated carbocycles. The number of hydrogen-bond donors (Lipinski definition) is 0. The molecule has 0 rings (SSSR count). The van der Waals surface area contributed by atoms with Crippen molar-refractivity contribution in [2.24, 2.45) is 5.92 Å². The lowest BCUT2D eigenvalue weighted by atomic mass is 9.98. The zero-order valence-electron chi connectivity index (χ0n) is 9.82. The molecule has 0 aliphatic heterocycles. The molecule has 86 valence electrons. The minimum atomic E-state index is -0.640. The summed E-state index contributed by atoms with van der Waals surface area (Å²) in [7, 11) is 0. The molecule has 0 fully saturated rings. The topological polar surface area (TPSA) is 60.2 Å². The van der Waals surface area contributed by atoms with Crippen molar-refractivity contribution in [3.8, 4) is 0 Å². The maximum atomic E-state index is 11.3. The van der Waals surface area contributed by atoms with E-state index in [1.54, 1.807) is 6.92 Å². The summed E-state index contributed by atoms with van der Waals surface area (Å²) >= 11 is 0. The maximum Gasteiger partial charge on any atom is 0.217 e. The van der Waals surface area contributed by atoms with Gasteiger partial charge in [0.15, 0.2) is 5.78 Å². The van der Waals surface area contributed by atoms with Gasteiger partial charge in [-0.1, -0.05) is 26.8 Å². The van der Waals surface area contributed by atoms with E-state index in [1.165, 1.54) is 6.92 Å². The van der Waals surface area contributed by atoms with Gasteiger partial charge in [-0.15, -0.1) is 0 Å². The number of hydrogen-bond acceptors (Lipinski definition) is 3. The summed E-state index contributed by atoms with van der Waals surface area (Å²) in [5, 5.41) is 10.6. The van der Waals surface area contributed by atoms with Gasteiger partial charge < -0.3 is 0 Å². The lowest BCUT2D eigenvalue weighted by Gasteiger charge is -2.09. The van der Waals surface area contributed by atoms with Gasteiger partial charge in [-0.05, 0) is 18.4 Å². The third kappa shape index (κ3) is 5.30. The molecule has 0 aliphatic carbocycles. The minimum Gasteiger partial charge on any atom is -0.295 e. The van der Waals surface area contributed by atoms with Crippen LogP contribution < -0.4 is 0 Å². The van der Waals surface area contributed by atoms with Crippen LogP contribution in [-0.4, -0.2) is 16.7 Å². The maximum absolute atomic E-state index is 11.3. The molecule has 0 saturated heterocycles. The summed E-state index contributed by atoms with van der Waals surface area (Å²) in [6.07, 6.45) is 2.52. The summed E-state index contributed by atoms with van der Waals surface area (Å²) in [4.78, 5) is 21.6. The number of allylic oxidation sites excluding steroid dienone is 1. The third-order valence-electron chi connectivity index (χ3n) is 2.21. The van der Waals surface area contributed by atoms with Crippen LogP contribution in [0.25, 0.3) is 0 Å². The van der Waals surface area contributed by atoms with Gasteiger partial charge in [0.1, 0.15) is 0 Å². The molecule has 4 heteroatoms. The van der Waals surface area contributed by atoms with Gasteiger partial charge in [-0.25, -0.2) is 0 Å². The molecule has 0 heterocycles. The molecule has 0 aromatic rings. The predicted molar refractivity (Wildman–Crippen MR) is 59.3 cm³/mol. The Kier molecular flexibility index (Phi) is 5.82. The van der Waals surface area contributed by atoms with Crippen LogP contribution in [-0.2, 0) is 4.79 Å². The van der Waals surface area contributed by atoms with Crippen LogP contribution in [0.4, 0.5) is 0 Å². The van der Waals surface area contributed by atoms with E-state index >= 15 is 0 Å². The lowest BCUT2D eigenvalue weighted by Crippen LogP contribution is -2.20. The molecule has 0 spiro atoms. The van der Waals surface area contributed by atoms with Crippen molar-refractivity contribution >= 4 is 5.78 Å². The fourth-order valence-electron chi connectivity index (χ4n) is 1.35. The standard InChI is InChI=1S/C11H19NO3/c1-5-11(12(14)15)7-10(9(4)13)6-8(2)3/h6,8,11H,5,7H2,1-4H3/b10-6+. The third-order valence-corrected chi connectivity index (χ3v) is 2.21. The molecule has 1 unspecified atom stereocenters. The minimum absolute atomic E-state index is 0.0657. The number of ketones is 1. The molecule has 0 aromatic heterocycles. The van der Waals surface area contributed by atoms with E-state index in [9.17, 15) is 14.9 Å². The highest BCUT2D eigenvalue weighted by molar-refractivity contribution is 5.93. The second-order valence-corrected chi connectivity index (χ2v) is 4.04. The monoisotopic (exact) mass is 213 g/mol. The molecule has 4 nitrogen and oxygen atoms in total. The highest BCUT2D eigenvalue weighted by atomic mass is 16.6. The first-order valence-electron chi connectivity index (χ1n) is 5.23. The Morgan fingerprint density at radius 3 is 2.27 bits per heavy atom. The van der Waals surface area contributed by atoms with Gasteiger partial charge >= 0.3 is 0 Å². The smallest absolute Gasteiger partial charge is 0.217 e. The Labute approximate surface area is 90.5 Å². The normalized spacial score (nSPS) is 14.1. The van der Waals surface area contributed by atoms with Gasteiger partial charge in [0.25, 0.3) is 0 Å². The van der Waals surface area contributed by atoms with Gasteiger partial charge in [-0.2, -0.15) is 0 Å². The molecule has 15 heavy (non-hydrogen) atoms. The van der Waals surface area contributed by atoms with E-state index in [0.717, 1.165) is 0 Å². The van der Waals surface area contributed by atoms with Crippen LogP contribution in [0.1, 0.15) is 40.5 Å². The van der Waals surface area contributed by atoms with E-state index in [-0.39, 0.29) is 23.0 Å². The lowest BCUT2D eigenvalue weighted by molar-refractivity contribution is -0.522. The van der Waals surface area contributed by atoms with Gasteiger partial charge in [0, 0.05) is 17.8 Å². The first kappa shape index (κ1) is 13.8. The van der Waals surface area contributed by atoms with Crippen molar-refractivity contribution in [2.45, 2.75) is 46.6 Å². The van der Waals surface area contributed by atoms with Gasteiger partial charge in [-0.3, -0.25) is 14.9 Å². The number of nitrogens with zero attached hydrogens (tertiary/aromatic N) is 1. The zero-order chi connectivity index (χ0) is 12.0. The first-order valence-corrected chi connectivity index (χ1v) is 5.23. The number of Topliss-reactive ketones (excluding diaryl/α,β-unsaturated/α-hetero) is 1. The van der Waals surface area contributed by atoms with Gasteiger partial charge in [0.2, 0.25) is 6.04 Å². The number of nitro groups is 1. The summed E-state index contributed by atoms with van der Waals surface area (Å²) in [6, 6.07) is -0.640. The first-order chi connectivity index (χ1) is 6.88. The van der Waals surface area contributed by atoms with Crippen molar-refractivity contribution < 1.29 is 9.72 Å². The fraction of sp³-hybridized carbons (Fsp3) is 0.727. The van der Waals surface area contributed by atoms with Crippen molar-refractivity contribution in [3.63, 3.8) is 0 Å². The van der Waals surface area contributed by atoms with Crippen LogP contribution >= 0.6 is 0 Å². The molecule has 0 N–H and O–H groups in total. The summed E-state index contributed by atoms with van der Waals surface area (Å²) in [5.41, 5.74) is 0.577. The quantitative estimate of drug-likeness (QED) is 0.387. The summed E-state index contributed by atoms with van der Waals surface area (Å²) in [6.45, 7) is 7.13. The van der Waals surface area contributed by atoms with Crippen LogP contribution in [0.5, 0.6) is 0 Å². The molecule has 0 bridgehead atoms. The highest BCUT2D eigenvalue weighted by Crippen LogP contribution is 2.14. The molecule has 0 amide bonds. The fourth-order valence-corrected chi connectivity index (χ4v) is 1.35. The van der Waals surface area contributed by atoms with Crippen LogP contribution in [0.15, 0.2) is 11.6 Å². The van der Waals surface area contributed by atoms with E-state index in [4.69, 9.17) is 0 Å². The average Bonchev–Trinajstić information content (AvgIpc) is 2.10. The van der Waals surface area contributed by atoms with Crippen LogP contribution in [0, 0.1) is 16.0 Å². The second-order valence-electron chi connectivity index (χ2n) is 4.04. The second kappa shape index (κ2) is 6.32. The van der Waals surface area contributed by atoms with Crippen molar-refractivity contribution in [1.82, 2.24) is 0 Å². The molecular weight excluding hydrogens is 194 g/mol. The number of carbonyl (C=O) groups excluding carboxylic acids is 1. The Morgan fingerprint density at radius 1 is 1.47 bits per heavy atom. The van der Waals surface area contributed by atoms with Crippen molar-refractivity contribution in [3.05, 3.63) is 21.8 Å². The Bertz CT molecular complexity index is 269. The Morgan fingerprint density at radius 2 is 2.00 bits per heavy atom. The van der Waals surface area contributed by atoms with E-state index in [1.807, 2.05) is 19.9 Å². The Hall–Kier alpha value is -1.19. The molecule has 0 aliphatic rings. The molecule has 0 aromatic carbocycles. The van der Waals surface area contributed by atoms with E-state index in [0.29, 0.717) is 12.0 Å². The predicted octanol–water partition coefficient (Wildman–Crippen LogP) is 2.60. The average molecular weight is 213 g/mol. The number of carbonyl (C=O) groups is 1. The Balaban J connectivity index is 4.68. The molecule has 0 radical (unpaired) electrons. The zero-order valence-corrected chi connectivity index (χ0v) is 9.82. The van der Waals surface area contributed by atoms with Crippen molar-refractivity contribution in [1.29, 1.82) is 0 Å². The summed E-state index contributed by atoms with van der Waals surface area (Å²) < 4.78 is 0. The van der Waals surface area contributed by atoms with Crippen LogP contribution in [0.2, 0.25) is 0 Å². The van der Waals surface area contributed by atoms with Crippen LogP contribution in [0.3, 0.4) is 0 Å². The molecular formula is C11H19NO3. The SMILES string of the molecule is CCC(C/C(=C\C(C)C)C(C)=O)[N+](=O)[O-]. The van der Waals surface area contributed by atoms with Crippen molar-refractivity contribution in [2.75, 3.05) is 0 Å². The highest BCUT2D eigenvalue weighted by Gasteiger charge is 2.21.